The van der Waals surface area contributed by atoms with Crippen molar-refractivity contribution in [1.29, 1.82) is 0 Å². The number of rotatable bonds is 6. The summed E-state index contributed by atoms with van der Waals surface area (Å²) in [5, 5.41) is 13.4. The fourth-order valence-corrected chi connectivity index (χ4v) is 2.14. The lowest BCUT2D eigenvalue weighted by molar-refractivity contribution is -0.146. The van der Waals surface area contributed by atoms with Gasteiger partial charge in [0.2, 0.25) is 0 Å². The van der Waals surface area contributed by atoms with E-state index in [1.807, 2.05) is 6.26 Å². The van der Waals surface area contributed by atoms with E-state index in [-0.39, 0.29) is 5.65 Å². The van der Waals surface area contributed by atoms with Crippen molar-refractivity contribution in [1.82, 2.24) is 19.8 Å². The fourth-order valence-electron chi connectivity index (χ4n) is 1.65. The second-order valence-electron chi connectivity index (χ2n) is 4.14. The quantitative estimate of drug-likeness (QED) is 0.832. The van der Waals surface area contributed by atoms with Crippen LogP contribution in [-0.2, 0) is 6.18 Å². The Balaban J connectivity index is 2.08. The van der Waals surface area contributed by atoms with Gasteiger partial charge in [0.05, 0.1) is 0 Å². The third-order valence-electron chi connectivity index (χ3n) is 2.60. The summed E-state index contributed by atoms with van der Waals surface area (Å²) in [7, 11) is 0. The standard InChI is InChI=1S/C11H14F3N5S/c1-20-7-3-2-6-15-8-4-5-9-16-17-10(11(12,13)14)19(9)18-8/h4-5H,2-3,6-7H2,1H3,(H,15,18). The molecule has 0 aromatic carbocycles. The monoisotopic (exact) mass is 305 g/mol. The van der Waals surface area contributed by atoms with Gasteiger partial charge in [0.1, 0.15) is 5.82 Å². The fraction of sp³-hybridized carbons (Fsp3) is 0.545. The summed E-state index contributed by atoms with van der Waals surface area (Å²) >= 11 is 1.77. The molecule has 2 rings (SSSR count). The number of hydrogen-bond donors (Lipinski definition) is 1. The Bertz CT molecular complexity index is 569. The topological polar surface area (TPSA) is 55.1 Å². The molecule has 0 unspecified atom stereocenters. The SMILES string of the molecule is CSCCCCNc1ccc2nnc(C(F)(F)F)n2n1. The van der Waals surface area contributed by atoms with E-state index in [1.54, 1.807) is 17.8 Å². The van der Waals surface area contributed by atoms with Gasteiger partial charge >= 0.3 is 6.18 Å². The lowest BCUT2D eigenvalue weighted by atomic mass is 10.3. The van der Waals surface area contributed by atoms with Crippen molar-refractivity contribution in [3.8, 4) is 0 Å². The average molecular weight is 305 g/mol. The highest BCUT2D eigenvalue weighted by molar-refractivity contribution is 7.98. The van der Waals surface area contributed by atoms with Gasteiger partial charge in [0.15, 0.2) is 5.65 Å². The van der Waals surface area contributed by atoms with Crippen LogP contribution in [0.4, 0.5) is 19.0 Å². The molecule has 9 heteroatoms. The van der Waals surface area contributed by atoms with Crippen molar-refractivity contribution in [3.05, 3.63) is 18.0 Å². The predicted octanol–water partition coefficient (Wildman–Crippen LogP) is 2.70. The van der Waals surface area contributed by atoms with E-state index in [1.165, 1.54) is 6.07 Å². The molecule has 0 aliphatic heterocycles. The minimum Gasteiger partial charge on any atom is -0.369 e. The highest BCUT2D eigenvalue weighted by Gasteiger charge is 2.37. The summed E-state index contributed by atoms with van der Waals surface area (Å²) in [6, 6.07) is 3.05. The van der Waals surface area contributed by atoms with Crippen LogP contribution >= 0.6 is 11.8 Å². The van der Waals surface area contributed by atoms with E-state index >= 15 is 0 Å². The maximum absolute atomic E-state index is 12.7. The van der Waals surface area contributed by atoms with Gasteiger partial charge in [0, 0.05) is 6.54 Å². The molecular formula is C11H14F3N5S. The largest absolute Gasteiger partial charge is 0.453 e. The molecule has 1 N–H and O–H groups in total. The Hall–Kier alpha value is -1.51. The van der Waals surface area contributed by atoms with Gasteiger partial charge in [-0.2, -0.15) is 29.4 Å². The first-order valence-electron chi connectivity index (χ1n) is 6.05. The van der Waals surface area contributed by atoms with Crippen molar-refractivity contribution in [2.45, 2.75) is 19.0 Å². The Morgan fingerprint density at radius 2 is 2.05 bits per heavy atom. The molecule has 20 heavy (non-hydrogen) atoms. The molecule has 0 atom stereocenters. The third kappa shape index (κ3) is 3.53. The van der Waals surface area contributed by atoms with E-state index < -0.39 is 12.0 Å². The number of nitrogens with zero attached hydrogens (tertiary/aromatic N) is 4. The predicted molar refractivity (Wildman–Crippen MR) is 71.9 cm³/mol. The molecule has 2 aromatic heterocycles. The summed E-state index contributed by atoms with van der Waals surface area (Å²) < 4.78 is 38.8. The van der Waals surface area contributed by atoms with Crippen LogP contribution in [0.25, 0.3) is 5.65 Å². The molecule has 0 aliphatic carbocycles. The average Bonchev–Trinajstić information content (AvgIpc) is 2.81. The van der Waals surface area contributed by atoms with Crippen LogP contribution in [0, 0.1) is 0 Å². The molecular weight excluding hydrogens is 291 g/mol. The highest BCUT2D eigenvalue weighted by Crippen LogP contribution is 2.27. The van der Waals surface area contributed by atoms with Gasteiger partial charge in [0.25, 0.3) is 5.82 Å². The number of aromatic nitrogens is 4. The zero-order chi connectivity index (χ0) is 14.6. The molecule has 2 heterocycles. The normalized spacial score (nSPS) is 12.0. The lowest BCUT2D eigenvalue weighted by Crippen LogP contribution is -2.13. The minimum atomic E-state index is -4.57. The van der Waals surface area contributed by atoms with E-state index in [9.17, 15) is 13.2 Å². The summed E-state index contributed by atoms with van der Waals surface area (Å²) in [5.74, 6) is 0.336. The summed E-state index contributed by atoms with van der Waals surface area (Å²) in [6.45, 7) is 0.669. The maximum Gasteiger partial charge on any atom is 0.453 e. The van der Waals surface area contributed by atoms with Crippen molar-refractivity contribution in [2.75, 3.05) is 23.9 Å². The van der Waals surface area contributed by atoms with Crippen molar-refractivity contribution >= 4 is 23.2 Å². The molecule has 0 radical (unpaired) electrons. The third-order valence-corrected chi connectivity index (χ3v) is 3.29. The van der Waals surface area contributed by atoms with Crippen LogP contribution in [0.1, 0.15) is 18.7 Å². The number of fused-ring (bicyclic) bond motifs is 1. The zero-order valence-corrected chi connectivity index (χ0v) is 11.6. The molecule has 2 aromatic rings. The second-order valence-corrected chi connectivity index (χ2v) is 5.12. The highest BCUT2D eigenvalue weighted by atomic mass is 32.2. The Morgan fingerprint density at radius 3 is 2.75 bits per heavy atom. The summed E-state index contributed by atoms with van der Waals surface area (Å²) in [4.78, 5) is 0. The zero-order valence-electron chi connectivity index (χ0n) is 10.8. The number of hydrogen-bond acceptors (Lipinski definition) is 5. The van der Waals surface area contributed by atoms with Crippen molar-refractivity contribution in [2.24, 2.45) is 0 Å². The smallest absolute Gasteiger partial charge is 0.369 e. The van der Waals surface area contributed by atoms with Crippen LogP contribution in [-0.4, -0.2) is 38.4 Å². The first-order valence-corrected chi connectivity index (χ1v) is 7.44. The van der Waals surface area contributed by atoms with E-state index in [4.69, 9.17) is 0 Å². The van der Waals surface area contributed by atoms with Gasteiger partial charge in [-0.25, -0.2) is 0 Å². The molecule has 0 fully saturated rings. The van der Waals surface area contributed by atoms with Gasteiger partial charge in [-0.15, -0.1) is 15.3 Å². The molecule has 0 aliphatic rings. The molecule has 0 saturated carbocycles. The van der Waals surface area contributed by atoms with Gasteiger partial charge < -0.3 is 5.32 Å². The van der Waals surface area contributed by atoms with Crippen LogP contribution in [0.15, 0.2) is 12.1 Å². The summed E-state index contributed by atoms with van der Waals surface area (Å²) in [6.07, 6.45) is -0.539. The number of thioether (sulfide) groups is 1. The van der Waals surface area contributed by atoms with E-state index in [0.717, 1.165) is 18.6 Å². The number of halogens is 3. The van der Waals surface area contributed by atoms with Crippen molar-refractivity contribution < 1.29 is 13.2 Å². The molecule has 0 bridgehead atoms. The first-order chi connectivity index (χ1) is 9.52. The van der Waals surface area contributed by atoms with Gasteiger partial charge in [-0.05, 0) is 37.0 Å². The van der Waals surface area contributed by atoms with Crippen LogP contribution in [0.3, 0.4) is 0 Å². The molecule has 5 nitrogen and oxygen atoms in total. The number of alkyl halides is 3. The Morgan fingerprint density at radius 1 is 1.25 bits per heavy atom. The van der Waals surface area contributed by atoms with Crippen LogP contribution in [0.2, 0.25) is 0 Å². The van der Waals surface area contributed by atoms with E-state index in [2.05, 4.69) is 20.6 Å². The minimum absolute atomic E-state index is 0.0743. The van der Waals surface area contributed by atoms with Crippen LogP contribution < -0.4 is 5.32 Å². The molecule has 0 spiro atoms. The first kappa shape index (κ1) is 14.9. The number of nitrogens with one attached hydrogen (secondary N) is 1. The summed E-state index contributed by atoms with van der Waals surface area (Å²) in [5.41, 5.74) is 0.0743. The molecule has 0 amide bonds. The molecule has 110 valence electrons. The number of anilines is 1. The van der Waals surface area contributed by atoms with Crippen LogP contribution in [0.5, 0.6) is 0 Å². The van der Waals surface area contributed by atoms with Crippen molar-refractivity contribution in [3.63, 3.8) is 0 Å². The second kappa shape index (κ2) is 6.29. The van der Waals surface area contributed by atoms with Gasteiger partial charge in [-0.3, -0.25) is 0 Å². The molecule has 0 saturated heterocycles. The Labute approximate surface area is 118 Å². The number of unbranched alkanes of at least 4 members (excludes halogenated alkanes) is 1. The maximum atomic E-state index is 12.7. The Kier molecular flexibility index (Phi) is 4.69. The van der Waals surface area contributed by atoms with Gasteiger partial charge in [-0.1, -0.05) is 0 Å². The van der Waals surface area contributed by atoms with E-state index in [0.29, 0.717) is 16.9 Å². The lowest BCUT2D eigenvalue weighted by Gasteiger charge is -2.07.